The minimum absolute atomic E-state index is 0.0542. The number of halogens is 2. The molecule has 4 heterocycles. The van der Waals surface area contributed by atoms with Crippen LogP contribution >= 0.6 is 0 Å². The largest absolute Gasteiger partial charge is 0.444 e. The number of carbonyl (C=O) groups is 2. The van der Waals surface area contributed by atoms with Crippen molar-refractivity contribution in [2.24, 2.45) is 0 Å². The van der Waals surface area contributed by atoms with Crippen molar-refractivity contribution < 1.29 is 31.5 Å². The van der Waals surface area contributed by atoms with Crippen LogP contribution in [0.25, 0.3) is 22.2 Å². The number of nitrogens with one attached hydrogen (secondary N) is 2. The molecule has 1 aliphatic heterocycles. The summed E-state index contributed by atoms with van der Waals surface area (Å²) in [7, 11) is -3.95. The van der Waals surface area contributed by atoms with Gasteiger partial charge in [-0.3, -0.25) is 9.52 Å². The third-order valence-corrected chi connectivity index (χ3v) is 8.90. The van der Waals surface area contributed by atoms with Crippen LogP contribution in [0.1, 0.15) is 50.5 Å². The molecule has 0 bridgehead atoms. The number of H-pyrrole nitrogens is 1. The van der Waals surface area contributed by atoms with Crippen molar-refractivity contribution in [2.45, 2.75) is 45.5 Å². The summed E-state index contributed by atoms with van der Waals surface area (Å²) in [5.41, 5.74) is -0.617. The highest BCUT2D eigenvalue weighted by atomic mass is 32.2. The van der Waals surface area contributed by atoms with Gasteiger partial charge in [-0.1, -0.05) is 0 Å². The van der Waals surface area contributed by atoms with Crippen LogP contribution in [0.4, 0.5) is 25.2 Å². The van der Waals surface area contributed by atoms with Crippen LogP contribution in [-0.4, -0.2) is 82.2 Å². The average Bonchev–Trinajstić information content (AvgIpc) is 3.41. The molecule has 4 aromatic rings. The van der Waals surface area contributed by atoms with Crippen molar-refractivity contribution in [3.63, 3.8) is 0 Å². The van der Waals surface area contributed by atoms with Gasteiger partial charge in [-0.15, -0.1) is 0 Å². The standard InChI is InChI=1S/C30H33F2N7O5S/c1-17(2)45(42,43)37-23-7-6-22(31)24(25(23)32)26(40)21-16-34-27-20(21)12-18(13-33-27)19-14-35-28(36-15-19)38-8-10-39(11-9-38)29(41)44-30(3,4)5/h6-7,12-17,37H,8-11H2,1-5H3,(H,33,34). The van der Waals surface area contributed by atoms with E-state index < -0.39 is 49.5 Å². The number of carbonyl (C=O) groups excluding carboxylic acids is 2. The van der Waals surface area contributed by atoms with Crippen molar-refractivity contribution in [1.82, 2.24) is 24.8 Å². The summed E-state index contributed by atoms with van der Waals surface area (Å²) in [6, 6.07) is 3.40. The number of pyridine rings is 1. The molecule has 2 N–H and O–H groups in total. The summed E-state index contributed by atoms with van der Waals surface area (Å²) in [4.78, 5) is 45.5. The van der Waals surface area contributed by atoms with Gasteiger partial charge in [0, 0.05) is 73.0 Å². The Morgan fingerprint density at radius 1 is 1.00 bits per heavy atom. The van der Waals surface area contributed by atoms with E-state index in [0.29, 0.717) is 54.3 Å². The van der Waals surface area contributed by atoms with E-state index in [0.717, 1.165) is 12.1 Å². The number of aromatic nitrogens is 4. The molecule has 1 saturated heterocycles. The molecular weight excluding hydrogens is 608 g/mol. The molecule has 1 aliphatic rings. The number of benzene rings is 1. The number of hydrogen-bond acceptors (Lipinski definition) is 9. The van der Waals surface area contributed by atoms with E-state index in [9.17, 15) is 22.4 Å². The van der Waals surface area contributed by atoms with Crippen LogP contribution in [0.2, 0.25) is 0 Å². The molecule has 3 aromatic heterocycles. The fourth-order valence-electron chi connectivity index (χ4n) is 4.64. The number of ketones is 1. The van der Waals surface area contributed by atoms with E-state index in [-0.39, 0.29) is 11.7 Å². The first-order valence-corrected chi connectivity index (χ1v) is 15.8. The highest BCUT2D eigenvalue weighted by Crippen LogP contribution is 2.30. The van der Waals surface area contributed by atoms with Gasteiger partial charge in [0.05, 0.1) is 16.5 Å². The van der Waals surface area contributed by atoms with Crippen LogP contribution in [0.5, 0.6) is 0 Å². The van der Waals surface area contributed by atoms with Crippen LogP contribution in [0.15, 0.2) is 43.0 Å². The first-order chi connectivity index (χ1) is 21.1. The van der Waals surface area contributed by atoms with Crippen molar-refractivity contribution in [2.75, 3.05) is 35.8 Å². The maximum Gasteiger partial charge on any atom is 0.410 e. The Bertz CT molecular complexity index is 1860. The van der Waals surface area contributed by atoms with E-state index in [1.54, 1.807) is 29.6 Å². The number of sulfonamides is 1. The normalized spacial score (nSPS) is 14.2. The Kier molecular flexibility index (Phi) is 8.49. The van der Waals surface area contributed by atoms with Gasteiger partial charge in [0.1, 0.15) is 17.1 Å². The quantitative estimate of drug-likeness (QED) is 0.273. The van der Waals surface area contributed by atoms with E-state index >= 15 is 4.39 Å². The zero-order valence-electron chi connectivity index (χ0n) is 25.4. The molecule has 0 unspecified atom stereocenters. The van der Waals surface area contributed by atoms with Gasteiger partial charge >= 0.3 is 6.09 Å². The number of anilines is 2. The van der Waals surface area contributed by atoms with E-state index in [1.165, 1.54) is 20.0 Å². The van der Waals surface area contributed by atoms with Crippen molar-refractivity contribution in [3.05, 3.63) is 65.7 Å². The molecule has 5 rings (SSSR count). The van der Waals surface area contributed by atoms with E-state index in [1.807, 2.05) is 25.7 Å². The van der Waals surface area contributed by atoms with E-state index in [2.05, 4.69) is 24.7 Å². The number of fused-ring (bicyclic) bond motifs is 1. The van der Waals surface area contributed by atoms with Gasteiger partial charge in [0.15, 0.2) is 5.82 Å². The van der Waals surface area contributed by atoms with Gasteiger partial charge in [-0.2, -0.15) is 0 Å². The molecule has 15 heteroatoms. The predicted octanol–water partition coefficient (Wildman–Crippen LogP) is 4.74. The Hall–Kier alpha value is -4.66. The molecule has 0 aliphatic carbocycles. The number of hydrogen-bond donors (Lipinski definition) is 2. The molecule has 12 nitrogen and oxygen atoms in total. The first kappa shape index (κ1) is 31.8. The topological polar surface area (TPSA) is 150 Å². The highest BCUT2D eigenvalue weighted by Gasteiger charge is 2.28. The van der Waals surface area contributed by atoms with Gasteiger partial charge in [0.25, 0.3) is 0 Å². The van der Waals surface area contributed by atoms with Crippen molar-refractivity contribution in [1.29, 1.82) is 0 Å². The lowest BCUT2D eigenvalue weighted by Gasteiger charge is -2.35. The lowest BCUT2D eigenvalue weighted by Crippen LogP contribution is -2.50. The first-order valence-electron chi connectivity index (χ1n) is 14.2. The van der Waals surface area contributed by atoms with Crippen molar-refractivity contribution in [3.8, 4) is 11.1 Å². The number of piperazine rings is 1. The smallest absolute Gasteiger partial charge is 0.410 e. The number of amides is 1. The second kappa shape index (κ2) is 12.0. The Balaban J connectivity index is 1.36. The second-order valence-electron chi connectivity index (χ2n) is 11.9. The van der Waals surface area contributed by atoms with Crippen molar-refractivity contribution >= 4 is 44.6 Å². The third-order valence-electron chi connectivity index (χ3n) is 7.15. The van der Waals surface area contributed by atoms with Gasteiger partial charge in [-0.25, -0.2) is 36.9 Å². The summed E-state index contributed by atoms with van der Waals surface area (Å²) in [5, 5.41) is -0.585. The zero-order valence-corrected chi connectivity index (χ0v) is 26.2. The van der Waals surface area contributed by atoms with Crippen LogP contribution in [0, 0.1) is 11.6 Å². The molecule has 0 atom stereocenters. The molecule has 1 fully saturated rings. The molecule has 1 amide bonds. The Labute approximate surface area is 258 Å². The van der Waals surface area contributed by atoms with Gasteiger partial charge < -0.3 is 19.5 Å². The van der Waals surface area contributed by atoms with Crippen LogP contribution in [0.3, 0.4) is 0 Å². The lowest BCUT2D eigenvalue weighted by atomic mass is 10.0. The maximum absolute atomic E-state index is 15.4. The average molecular weight is 642 g/mol. The third kappa shape index (κ3) is 6.72. The number of ether oxygens (including phenoxy) is 1. The molecule has 238 valence electrons. The van der Waals surface area contributed by atoms with Gasteiger partial charge in [0.2, 0.25) is 21.8 Å². The summed E-state index contributed by atoms with van der Waals surface area (Å²) in [6.07, 6.45) is 5.68. The predicted molar refractivity (Wildman–Crippen MR) is 165 cm³/mol. The fourth-order valence-corrected chi connectivity index (χ4v) is 5.34. The summed E-state index contributed by atoms with van der Waals surface area (Å²) in [6.45, 7) is 10.2. The molecule has 45 heavy (non-hydrogen) atoms. The van der Waals surface area contributed by atoms with E-state index in [4.69, 9.17) is 4.74 Å². The minimum Gasteiger partial charge on any atom is -0.444 e. The monoisotopic (exact) mass is 641 g/mol. The summed E-state index contributed by atoms with van der Waals surface area (Å²) < 4.78 is 62.3. The van der Waals surface area contributed by atoms with Crippen LogP contribution in [-0.2, 0) is 14.8 Å². The van der Waals surface area contributed by atoms with Crippen LogP contribution < -0.4 is 9.62 Å². The second-order valence-corrected chi connectivity index (χ2v) is 14.1. The maximum atomic E-state index is 15.4. The molecule has 1 aromatic carbocycles. The number of rotatable bonds is 7. The molecule has 0 saturated carbocycles. The lowest BCUT2D eigenvalue weighted by molar-refractivity contribution is 0.0240. The Morgan fingerprint density at radius 2 is 1.64 bits per heavy atom. The Morgan fingerprint density at radius 3 is 2.27 bits per heavy atom. The number of aromatic amines is 1. The summed E-state index contributed by atoms with van der Waals surface area (Å²) >= 11 is 0. The van der Waals surface area contributed by atoms with Gasteiger partial charge in [-0.05, 0) is 52.8 Å². The SMILES string of the molecule is CC(C)S(=O)(=O)Nc1ccc(F)c(C(=O)c2c[nH]c3ncc(-c4cnc(N5CCN(C(=O)OC(C)(C)C)CC5)nc4)cc23)c1F. The highest BCUT2D eigenvalue weighted by molar-refractivity contribution is 7.93. The number of nitrogens with zero attached hydrogens (tertiary/aromatic N) is 5. The summed E-state index contributed by atoms with van der Waals surface area (Å²) in [5.74, 6) is -2.97. The fraction of sp³-hybridized carbons (Fsp3) is 0.367. The molecule has 0 spiro atoms. The zero-order chi connectivity index (χ0) is 32.7. The molecule has 0 radical (unpaired) electrons. The molecular formula is C30H33F2N7O5S. The minimum atomic E-state index is -3.95.